The van der Waals surface area contributed by atoms with Crippen molar-refractivity contribution in [2.24, 2.45) is 0 Å². The van der Waals surface area contributed by atoms with Gasteiger partial charge in [0.15, 0.2) is 0 Å². The first-order chi connectivity index (χ1) is 12.7. The molecule has 6 heteroatoms. The quantitative estimate of drug-likeness (QED) is 0.709. The highest BCUT2D eigenvalue weighted by molar-refractivity contribution is 5.94. The zero-order chi connectivity index (χ0) is 17.9. The minimum absolute atomic E-state index is 0.0968. The number of aromatic nitrogens is 4. The Morgan fingerprint density at radius 2 is 1.96 bits per heavy atom. The summed E-state index contributed by atoms with van der Waals surface area (Å²) in [4.78, 5) is 27.7. The average Bonchev–Trinajstić information content (AvgIpc) is 3.34. The predicted octanol–water partition coefficient (Wildman–Crippen LogP) is 3.23. The monoisotopic (exact) mass is 349 g/mol. The van der Waals surface area contributed by atoms with Crippen molar-refractivity contribution in [2.45, 2.75) is 45.2 Å². The van der Waals surface area contributed by atoms with Crippen molar-refractivity contribution in [1.29, 1.82) is 0 Å². The van der Waals surface area contributed by atoms with Gasteiger partial charge >= 0.3 is 0 Å². The van der Waals surface area contributed by atoms with Crippen LogP contribution in [0.25, 0.3) is 11.4 Å². The highest BCUT2D eigenvalue weighted by Crippen LogP contribution is 2.24. The van der Waals surface area contributed by atoms with E-state index in [0.717, 1.165) is 36.5 Å². The lowest BCUT2D eigenvalue weighted by atomic mass is 10.1. The molecule has 0 unspecified atom stereocenters. The van der Waals surface area contributed by atoms with Crippen LogP contribution >= 0.6 is 0 Å². The molecule has 0 saturated heterocycles. The maximum Gasteiger partial charge on any atom is 0.255 e. The van der Waals surface area contributed by atoms with Crippen molar-refractivity contribution in [1.82, 2.24) is 24.4 Å². The fourth-order valence-electron chi connectivity index (χ4n) is 3.76. The first-order valence-corrected chi connectivity index (χ1v) is 9.27. The van der Waals surface area contributed by atoms with Crippen LogP contribution in [0.5, 0.6) is 0 Å². The van der Waals surface area contributed by atoms with Crippen LogP contribution in [0, 0.1) is 0 Å². The zero-order valence-corrected chi connectivity index (χ0v) is 15.0. The third-order valence-electron chi connectivity index (χ3n) is 5.15. The normalized spacial score (nSPS) is 14.8. The van der Waals surface area contributed by atoms with E-state index in [1.165, 1.54) is 12.8 Å². The third-order valence-corrected chi connectivity index (χ3v) is 5.15. The first-order valence-electron chi connectivity index (χ1n) is 9.27. The Hall–Kier alpha value is -2.76. The van der Waals surface area contributed by atoms with Crippen LogP contribution in [0.2, 0.25) is 0 Å². The molecule has 1 aliphatic carbocycles. The second-order valence-electron chi connectivity index (χ2n) is 6.83. The summed E-state index contributed by atoms with van der Waals surface area (Å²) < 4.78 is 2.03. The van der Waals surface area contributed by atoms with Crippen molar-refractivity contribution < 1.29 is 4.79 Å². The summed E-state index contributed by atoms with van der Waals surface area (Å²) in [6.07, 6.45) is 11.9. The van der Waals surface area contributed by atoms with Gasteiger partial charge in [0, 0.05) is 31.2 Å². The second kappa shape index (κ2) is 7.23. The number of fused-ring (bicyclic) bond motifs is 1. The molecular weight excluding hydrogens is 326 g/mol. The number of pyridine rings is 2. The molecule has 3 aliphatic rings. The van der Waals surface area contributed by atoms with Gasteiger partial charge in [-0.05, 0) is 38.0 Å². The maximum absolute atomic E-state index is 12.8. The summed E-state index contributed by atoms with van der Waals surface area (Å²) in [7, 11) is 0. The van der Waals surface area contributed by atoms with E-state index in [1.54, 1.807) is 12.5 Å². The van der Waals surface area contributed by atoms with Gasteiger partial charge in [-0.15, -0.1) is 0 Å². The smallest absolute Gasteiger partial charge is 0.255 e. The Labute approximate surface area is 153 Å². The molecule has 26 heavy (non-hydrogen) atoms. The van der Waals surface area contributed by atoms with Gasteiger partial charge in [-0.1, -0.05) is 12.8 Å². The van der Waals surface area contributed by atoms with Crippen LogP contribution in [-0.4, -0.2) is 42.9 Å². The lowest BCUT2D eigenvalue weighted by Crippen LogP contribution is -2.38. The van der Waals surface area contributed by atoms with Crippen LogP contribution < -0.4 is 0 Å². The molecule has 6 nitrogen and oxygen atoms in total. The lowest BCUT2D eigenvalue weighted by molar-refractivity contribution is 0.0693. The molecule has 1 amide bonds. The molecule has 0 aromatic carbocycles. The number of carbonyl (C=O) groups excluding carboxylic acids is 1. The fourth-order valence-corrected chi connectivity index (χ4v) is 3.76. The van der Waals surface area contributed by atoms with E-state index < -0.39 is 0 Å². The van der Waals surface area contributed by atoms with Gasteiger partial charge < -0.3 is 9.47 Å². The van der Waals surface area contributed by atoms with Gasteiger partial charge in [0.05, 0.1) is 23.5 Å². The number of hydrogen-bond donors (Lipinski definition) is 0. The van der Waals surface area contributed by atoms with Crippen LogP contribution in [0.4, 0.5) is 0 Å². The Morgan fingerprint density at radius 3 is 2.69 bits per heavy atom. The Bertz CT molecular complexity index is 851. The molecule has 4 rings (SSSR count). The van der Waals surface area contributed by atoms with Crippen LogP contribution in [0.3, 0.4) is 0 Å². The van der Waals surface area contributed by atoms with Crippen molar-refractivity contribution >= 4 is 5.91 Å². The molecular formula is C20H23N5O. The summed E-state index contributed by atoms with van der Waals surface area (Å²) in [5.74, 6) is 0.0968. The number of hydrogen-bond acceptors (Lipinski definition) is 4. The number of carbonyl (C=O) groups is 1. The molecule has 0 radical (unpaired) electrons. The highest BCUT2D eigenvalue weighted by Gasteiger charge is 2.26. The van der Waals surface area contributed by atoms with Crippen molar-refractivity contribution in [3.63, 3.8) is 0 Å². The molecule has 0 bridgehead atoms. The van der Waals surface area contributed by atoms with Crippen LogP contribution in [-0.2, 0) is 6.54 Å². The van der Waals surface area contributed by atoms with Crippen LogP contribution in [0.1, 0.15) is 48.7 Å². The SMILES string of the molecule is CCN(C(=O)c1ccc(Cn2ccc3ncnc-3c2)nc1)C1CCCC1. The predicted molar refractivity (Wildman–Crippen MR) is 98.9 cm³/mol. The standard InChI is InChI=1S/C20H23N5O/c1-2-25(17-5-3-4-6-17)20(26)15-7-8-16(21-11-15)12-24-10-9-18-19(13-24)23-14-22-18/h7-11,13-14,17H,2-6,12H2,1H3. The average molecular weight is 349 g/mol. The van der Waals surface area contributed by atoms with Gasteiger partial charge in [-0.25, -0.2) is 9.97 Å². The molecule has 1 saturated carbocycles. The Balaban J connectivity index is 1.47. The maximum atomic E-state index is 12.8. The number of amides is 1. The van der Waals surface area contributed by atoms with E-state index in [1.807, 2.05) is 40.1 Å². The number of imidazole rings is 1. The summed E-state index contributed by atoms with van der Waals surface area (Å²) in [6, 6.07) is 6.16. The van der Waals surface area contributed by atoms with Crippen molar-refractivity contribution in [3.05, 3.63) is 54.4 Å². The molecule has 0 N–H and O–H groups in total. The van der Waals surface area contributed by atoms with E-state index >= 15 is 0 Å². The largest absolute Gasteiger partial charge is 0.346 e. The van der Waals surface area contributed by atoms with E-state index in [9.17, 15) is 4.79 Å². The van der Waals surface area contributed by atoms with Crippen LogP contribution in [0.15, 0.2) is 43.1 Å². The van der Waals surface area contributed by atoms with Gasteiger partial charge in [-0.3, -0.25) is 9.78 Å². The van der Waals surface area contributed by atoms with E-state index in [-0.39, 0.29) is 5.91 Å². The number of rotatable bonds is 5. The molecule has 0 spiro atoms. The van der Waals surface area contributed by atoms with E-state index in [4.69, 9.17) is 0 Å². The summed E-state index contributed by atoms with van der Waals surface area (Å²) >= 11 is 0. The second-order valence-corrected chi connectivity index (χ2v) is 6.83. The zero-order valence-electron chi connectivity index (χ0n) is 15.0. The molecule has 3 heterocycles. The molecule has 1 aromatic rings. The Morgan fingerprint density at radius 1 is 1.15 bits per heavy atom. The third kappa shape index (κ3) is 3.31. The number of nitrogens with zero attached hydrogens (tertiary/aromatic N) is 5. The van der Waals surface area contributed by atoms with Gasteiger partial charge in [0.25, 0.3) is 5.91 Å². The first kappa shape index (κ1) is 16.7. The van der Waals surface area contributed by atoms with Gasteiger partial charge in [0.2, 0.25) is 0 Å². The fraction of sp³-hybridized carbons (Fsp3) is 0.400. The summed E-state index contributed by atoms with van der Waals surface area (Å²) in [5, 5.41) is 0. The topological polar surface area (TPSA) is 63.9 Å². The molecule has 2 aliphatic heterocycles. The Kier molecular flexibility index (Phi) is 4.65. The molecule has 134 valence electrons. The van der Waals surface area contributed by atoms with Crippen molar-refractivity contribution in [2.75, 3.05) is 6.54 Å². The minimum atomic E-state index is 0.0968. The van der Waals surface area contributed by atoms with E-state index in [0.29, 0.717) is 18.2 Å². The molecule has 1 aromatic heterocycles. The van der Waals surface area contributed by atoms with Gasteiger partial charge in [0.1, 0.15) is 12.0 Å². The lowest BCUT2D eigenvalue weighted by Gasteiger charge is -2.27. The van der Waals surface area contributed by atoms with Gasteiger partial charge in [-0.2, -0.15) is 0 Å². The van der Waals surface area contributed by atoms with Crippen molar-refractivity contribution in [3.8, 4) is 11.4 Å². The highest BCUT2D eigenvalue weighted by atomic mass is 16.2. The molecule has 1 fully saturated rings. The van der Waals surface area contributed by atoms with E-state index in [2.05, 4.69) is 21.9 Å². The summed E-state index contributed by atoms with van der Waals surface area (Å²) in [6.45, 7) is 3.44. The minimum Gasteiger partial charge on any atom is -0.346 e. The molecule has 0 atom stereocenters. The summed E-state index contributed by atoms with van der Waals surface area (Å²) in [5.41, 5.74) is 3.34.